The summed E-state index contributed by atoms with van der Waals surface area (Å²) in [7, 11) is -6.68. The van der Waals surface area contributed by atoms with Crippen LogP contribution in [0.2, 0.25) is 0 Å². The van der Waals surface area contributed by atoms with E-state index in [-0.39, 0.29) is 0 Å². The Morgan fingerprint density at radius 3 is 2.19 bits per heavy atom. The fourth-order valence-electron chi connectivity index (χ4n) is 1.69. The fraction of sp³-hybridized carbons (Fsp3) is 0.462. The van der Waals surface area contributed by atoms with E-state index in [9.17, 15) is 25.2 Å². The van der Waals surface area contributed by atoms with Crippen LogP contribution in [-0.2, 0) is 0 Å². The number of halogens is 6. The average molecular weight is 407 g/mol. The molecule has 0 fully saturated rings. The maximum atomic E-state index is 9.87. The Balaban J connectivity index is 0.000000412. The van der Waals surface area contributed by atoms with Crippen molar-refractivity contribution in [1.82, 2.24) is 20.1 Å². The van der Waals surface area contributed by atoms with Gasteiger partial charge in [-0.3, -0.25) is 4.84 Å². The van der Waals surface area contributed by atoms with Crippen molar-refractivity contribution in [2.45, 2.75) is 13.8 Å². The zero-order chi connectivity index (χ0) is 20.2. The van der Waals surface area contributed by atoms with Gasteiger partial charge >= 0.3 is 39.0 Å². The van der Waals surface area contributed by atoms with Crippen LogP contribution < -0.4 is 4.84 Å². The first-order valence-corrected chi connectivity index (χ1v) is 9.49. The molecule has 1 heterocycles. The van der Waals surface area contributed by atoms with Crippen LogP contribution in [0.4, 0.5) is 25.2 Å². The summed E-state index contributed by atoms with van der Waals surface area (Å²) in [6.07, 6.45) is 0. The monoisotopic (exact) mass is 407 g/mol. The van der Waals surface area contributed by atoms with Crippen LogP contribution in [0.25, 0.3) is 11.0 Å². The van der Waals surface area contributed by atoms with Crippen molar-refractivity contribution in [2.75, 3.05) is 27.2 Å². The molecule has 6 nitrogen and oxygen atoms in total. The van der Waals surface area contributed by atoms with Gasteiger partial charge in [-0.15, -0.1) is 5.10 Å². The normalized spacial score (nSPS) is 15.3. The van der Waals surface area contributed by atoms with E-state index in [4.69, 9.17) is 4.84 Å². The fourth-order valence-corrected chi connectivity index (χ4v) is 1.69. The molecule has 13 heteroatoms. The van der Waals surface area contributed by atoms with E-state index >= 15 is 0 Å². The molecule has 0 spiro atoms. The third-order valence-electron chi connectivity index (χ3n) is 3.09. The van der Waals surface area contributed by atoms with Gasteiger partial charge in [0.05, 0.1) is 27.2 Å². The molecule has 150 valence electrons. The van der Waals surface area contributed by atoms with Gasteiger partial charge in [0.15, 0.2) is 0 Å². The van der Waals surface area contributed by atoms with Crippen LogP contribution in [0, 0.1) is 0 Å². The van der Waals surface area contributed by atoms with Gasteiger partial charge < -0.3 is 0 Å². The van der Waals surface area contributed by atoms with E-state index in [1.807, 2.05) is 47.8 Å². The third-order valence-corrected chi connectivity index (χ3v) is 3.09. The first-order chi connectivity index (χ1) is 11.6. The molecule has 26 heavy (non-hydrogen) atoms. The number of aromatic nitrogens is 3. The molecule has 1 aromatic heterocycles. The van der Waals surface area contributed by atoms with Gasteiger partial charge in [-0.05, 0) is 31.2 Å². The topological polar surface area (TPSA) is 46.2 Å². The van der Waals surface area contributed by atoms with E-state index in [0.29, 0.717) is 0 Å². The Hall–Kier alpha value is -2.10. The molecule has 0 saturated heterocycles. The molecule has 0 bridgehead atoms. The van der Waals surface area contributed by atoms with E-state index in [0.717, 1.165) is 30.1 Å². The number of hydrogen-bond donors (Lipinski definition) is 0. The average Bonchev–Trinajstić information content (AvgIpc) is 2.91. The van der Waals surface area contributed by atoms with Crippen LogP contribution in [0.5, 0.6) is 0 Å². The molecule has 0 N–H and O–H groups in total. The van der Waals surface area contributed by atoms with E-state index in [1.165, 1.54) is 4.85 Å². The second-order valence-corrected chi connectivity index (χ2v) is 7.23. The number of hydrogen-bond acceptors (Lipinski definition) is 3. The summed E-state index contributed by atoms with van der Waals surface area (Å²) in [4.78, 5) is 9.37. The predicted octanol–water partition coefficient (Wildman–Crippen LogP) is 4.21. The number of para-hydroxylation sites is 1. The van der Waals surface area contributed by atoms with Crippen molar-refractivity contribution in [3.05, 3.63) is 24.3 Å². The quantitative estimate of drug-likeness (QED) is 0.251. The summed E-state index contributed by atoms with van der Waals surface area (Å²) in [6.45, 7) is 5.86. The number of nitrogens with zero attached hydrogens (tertiary/aromatic N) is 5. The molecule has 0 atom stereocenters. The summed E-state index contributed by atoms with van der Waals surface area (Å²) in [5.74, 6) is 0. The van der Waals surface area contributed by atoms with E-state index < -0.39 is 7.81 Å². The van der Waals surface area contributed by atoms with Crippen molar-refractivity contribution >= 4 is 24.9 Å². The van der Waals surface area contributed by atoms with Crippen LogP contribution >= 0.6 is 7.81 Å². The first kappa shape index (κ1) is 21.9. The van der Waals surface area contributed by atoms with Crippen molar-refractivity contribution in [3.63, 3.8) is 0 Å². The zero-order valence-electron chi connectivity index (χ0n) is 14.6. The van der Waals surface area contributed by atoms with Crippen molar-refractivity contribution in [1.29, 1.82) is 0 Å². The molecule has 0 amide bonds. The van der Waals surface area contributed by atoms with Crippen LogP contribution in [-0.4, -0.2) is 57.8 Å². The Bertz CT molecular complexity index is 778. The number of rotatable bonds is 3. The second-order valence-electron chi connectivity index (χ2n) is 5.31. The zero-order valence-corrected chi connectivity index (χ0v) is 15.5. The standard InChI is InChI=1S/C13H20N5O.F6P/c1-5-16(3)13(17(4)6-2)19-18-12-10-8-7-9-11(12)14-15-18;1-7(2,3,4,5)6/h7-10H,5-6H2,1-4H3;/q+1;-1. The van der Waals surface area contributed by atoms with Crippen LogP contribution in [0.1, 0.15) is 13.8 Å². The summed E-state index contributed by atoms with van der Waals surface area (Å²) < 4.78 is 61.2. The molecule has 0 unspecified atom stereocenters. The molecule has 0 aliphatic heterocycles. The van der Waals surface area contributed by atoms with Crippen molar-refractivity contribution < 1.29 is 34.6 Å². The first-order valence-electron chi connectivity index (χ1n) is 7.46. The van der Waals surface area contributed by atoms with Gasteiger partial charge in [0.2, 0.25) is 0 Å². The molecule has 0 aliphatic rings. The van der Waals surface area contributed by atoms with Gasteiger partial charge in [-0.2, -0.15) is 0 Å². The van der Waals surface area contributed by atoms with Crippen LogP contribution in [0.15, 0.2) is 24.3 Å². The summed E-state index contributed by atoms with van der Waals surface area (Å²) >= 11 is 0. The SMILES string of the molecule is CCN(C)C(On1nnc2ccccc21)=[N+](C)CC.F[P-](F)(F)(F)(F)F. The second kappa shape index (κ2) is 6.90. The number of fused-ring (bicyclic) bond motifs is 1. The molecule has 1 aromatic carbocycles. The van der Waals surface area contributed by atoms with Gasteiger partial charge in [0.25, 0.3) is 0 Å². The number of amidine groups is 1. The molecule has 2 aromatic rings. The number of benzene rings is 1. The summed E-state index contributed by atoms with van der Waals surface area (Å²) in [6, 6.07) is 8.47. The Kier molecular flexibility index (Phi) is 5.82. The summed E-state index contributed by atoms with van der Waals surface area (Å²) in [5, 5.41) is 8.12. The minimum absolute atomic E-state index is 0.751. The Morgan fingerprint density at radius 1 is 1.15 bits per heavy atom. The molecular weight excluding hydrogens is 387 g/mol. The van der Waals surface area contributed by atoms with Gasteiger partial charge in [0.1, 0.15) is 11.0 Å². The van der Waals surface area contributed by atoms with E-state index in [1.54, 1.807) is 0 Å². The molecule has 0 radical (unpaired) electrons. The van der Waals surface area contributed by atoms with Gasteiger partial charge in [-0.1, -0.05) is 17.0 Å². The van der Waals surface area contributed by atoms with E-state index in [2.05, 4.69) is 24.2 Å². The van der Waals surface area contributed by atoms with Crippen molar-refractivity contribution in [2.24, 2.45) is 0 Å². The molecule has 0 aliphatic carbocycles. The Morgan fingerprint density at radius 2 is 1.69 bits per heavy atom. The molecule has 2 rings (SSSR count). The third kappa shape index (κ3) is 8.32. The minimum atomic E-state index is -10.7. The Labute approximate surface area is 145 Å². The molecular formula is C13H20F6N5OP. The van der Waals surface area contributed by atoms with Crippen LogP contribution in [0.3, 0.4) is 0 Å². The maximum absolute atomic E-state index is 10.7. The predicted molar refractivity (Wildman–Crippen MR) is 87.7 cm³/mol. The van der Waals surface area contributed by atoms with Gasteiger partial charge in [-0.25, -0.2) is 9.48 Å². The molecule has 0 saturated carbocycles. The summed E-state index contributed by atoms with van der Waals surface area (Å²) in [5.41, 5.74) is 1.68. The van der Waals surface area contributed by atoms with Crippen molar-refractivity contribution in [3.8, 4) is 0 Å². The van der Waals surface area contributed by atoms with Gasteiger partial charge in [0, 0.05) is 0 Å².